The zero-order valence-corrected chi connectivity index (χ0v) is 12.0. The van der Waals surface area contributed by atoms with Gasteiger partial charge in [0.15, 0.2) is 0 Å². The van der Waals surface area contributed by atoms with E-state index < -0.39 is 12.0 Å². The van der Waals surface area contributed by atoms with Crippen LogP contribution in [0, 0.1) is 6.92 Å². The van der Waals surface area contributed by atoms with Crippen molar-refractivity contribution in [1.82, 2.24) is 4.90 Å². The molecule has 4 heteroatoms. The van der Waals surface area contributed by atoms with E-state index in [2.05, 4.69) is 0 Å². The van der Waals surface area contributed by atoms with Crippen molar-refractivity contribution >= 4 is 11.9 Å². The molecule has 2 rings (SSSR count). The molecule has 1 amide bonds. The number of amides is 1. The average molecular weight is 275 g/mol. The van der Waals surface area contributed by atoms with Crippen LogP contribution < -0.4 is 0 Å². The fourth-order valence-electron chi connectivity index (χ4n) is 2.34. The largest absolute Gasteiger partial charge is 0.480 e. The van der Waals surface area contributed by atoms with Gasteiger partial charge >= 0.3 is 5.97 Å². The Morgan fingerprint density at radius 3 is 2.40 bits per heavy atom. The van der Waals surface area contributed by atoms with Gasteiger partial charge in [-0.1, -0.05) is 29.8 Å². The molecule has 1 aromatic carbocycles. The number of carboxylic acids is 1. The molecule has 0 saturated heterocycles. The number of hydrogen-bond acceptors (Lipinski definition) is 2. The van der Waals surface area contributed by atoms with Crippen LogP contribution in [0.3, 0.4) is 0 Å². The summed E-state index contributed by atoms with van der Waals surface area (Å²) in [5.74, 6) is -0.983. The van der Waals surface area contributed by atoms with Crippen molar-refractivity contribution in [2.75, 3.05) is 0 Å². The van der Waals surface area contributed by atoms with Crippen LogP contribution in [0.5, 0.6) is 0 Å². The third kappa shape index (κ3) is 3.59. The summed E-state index contributed by atoms with van der Waals surface area (Å²) in [6.45, 7) is 3.61. The minimum absolute atomic E-state index is 0.0528. The Bertz CT molecular complexity index is 491. The first kappa shape index (κ1) is 14.6. The number of rotatable bonds is 6. The van der Waals surface area contributed by atoms with E-state index in [0.29, 0.717) is 12.8 Å². The van der Waals surface area contributed by atoms with Gasteiger partial charge in [0.2, 0.25) is 5.91 Å². The quantitative estimate of drug-likeness (QED) is 0.867. The smallest absolute Gasteiger partial charge is 0.326 e. The molecule has 1 unspecified atom stereocenters. The number of carbonyl (C=O) groups excluding carboxylic acids is 1. The first-order valence-electron chi connectivity index (χ1n) is 7.08. The fourth-order valence-corrected chi connectivity index (χ4v) is 2.34. The van der Waals surface area contributed by atoms with Gasteiger partial charge in [0.1, 0.15) is 6.04 Å². The van der Waals surface area contributed by atoms with Crippen LogP contribution in [0.2, 0.25) is 0 Å². The molecule has 1 N–H and O–H groups in total. The third-order valence-electron chi connectivity index (χ3n) is 3.75. The van der Waals surface area contributed by atoms with Crippen molar-refractivity contribution in [2.45, 2.75) is 51.6 Å². The van der Waals surface area contributed by atoms with Gasteiger partial charge in [0.25, 0.3) is 0 Å². The van der Waals surface area contributed by atoms with E-state index in [0.717, 1.165) is 18.4 Å². The second-order valence-corrected chi connectivity index (χ2v) is 5.53. The predicted octanol–water partition coefficient (Wildman–Crippen LogP) is 2.39. The summed E-state index contributed by atoms with van der Waals surface area (Å²) < 4.78 is 0. The first-order valence-corrected chi connectivity index (χ1v) is 7.08. The lowest BCUT2D eigenvalue weighted by Crippen LogP contribution is -2.44. The lowest BCUT2D eigenvalue weighted by atomic mass is 10.1. The number of nitrogens with zero attached hydrogens (tertiary/aromatic N) is 1. The van der Waals surface area contributed by atoms with Crippen LogP contribution in [-0.2, 0) is 16.0 Å². The van der Waals surface area contributed by atoms with Gasteiger partial charge in [-0.15, -0.1) is 0 Å². The molecule has 1 fully saturated rings. The monoisotopic (exact) mass is 275 g/mol. The molecule has 1 aliphatic rings. The fraction of sp³-hybridized carbons (Fsp3) is 0.500. The van der Waals surface area contributed by atoms with Crippen molar-refractivity contribution in [3.05, 3.63) is 35.4 Å². The second kappa shape index (κ2) is 6.07. The van der Waals surface area contributed by atoms with E-state index in [1.165, 1.54) is 5.56 Å². The highest BCUT2D eigenvalue weighted by molar-refractivity contribution is 5.84. The molecule has 0 heterocycles. The number of benzene rings is 1. The van der Waals surface area contributed by atoms with E-state index in [1.807, 2.05) is 31.2 Å². The molecule has 20 heavy (non-hydrogen) atoms. The zero-order valence-electron chi connectivity index (χ0n) is 12.0. The molecule has 108 valence electrons. The van der Waals surface area contributed by atoms with Gasteiger partial charge < -0.3 is 10.0 Å². The average Bonchev–Trinajstić information content (AvgIpc) is 3.22. The van der Waals surface area contributed by atoms with Gasteiger partial charge in [-0.05, 0) is 38.7 Å². The van der Waals surface area contributed by atoms with E-state index in [4.69, 9.17) is 5.11 Å². The van der Waals surface area contributed by atoms with Crippen LogP contribution in [-0.4, -0.2) is 34.0 Å². The maximum atomic E-state index is 12.3. The molecule has 0 radical (unpaired) electrons. The molecule has 1 aliphatic carbocycles. The number of hydrogen-bond donors (Lipinski definition) is 1. The lowest BCUT2D eigenvalue weighted by molar-refractivity contribution is -0.150. The number of carboxylic acid groups (broad SMARTS) is 1. The number of aryl methyl sites for hydroxylation is 2. The van der Waals surface area contributed by atoms with Crippen LogP contribution >= 0.6 is 0 Å². The summed E-state index contributed by atoms with van der Waals surface area (Å²) >= 11 is 0. The Hall–Kier alpha value is -1.84. The Kier molecular flexibility index (Phi) is 4.42. The number of carbonyl (C=O) groups is 2. The Labute approximate surface area is 119 Å². The molecular weight excluding hydrogens is 254 g/mol. The molecule has 4 nitrogen and oxygen atoms in total. The highest BCUT2D eigenvalue weighted by Gasteiger charge is 2.37. The van der Waals surface area contributed by atoms with Gasteiger partial charge in [-0.3, -0.25) is 4.79 Å². The third-order valence-corrected chi connectivity index (χ3v) is 3.75. The summed E-state index contributed by atoms with van der Waals surface area (Å²) in [6.07, 6.45) is 2.88. The van der Waals surface area contributed by atoms with E-state index >= 15 is 0 Å². The standard InChI is InChI=1S/C16H21NO3/c1-11-3-5-13(6-4-11)7-10-15(18)17(14-8-9-14)12(2)16(19)20/h3-6,12,14H,7-10H2,1-2H3,(H,19,20). The van der Waals surface area contributed by atoms with Crippen LogP contribution in [0.25, 0.3) is 0 Å². The summed E-state index contributed by atoms with van der Waals surface area (Å²) in [5, 5.41) is 9.10. The second-order valence-electron chi connectivity index (χ2n) is 5.53. The molecule has 1 saturated carbocycles. The van der Waals surface area contributed by atoms with Crippen molar-refractivity contribution in [3.8, 4) is 0 Å². The zero-order chi connectivity index (χ0) is 14.7. The Morgan fingerprint density at radius 2 is 1.90 bits per heavy atom. The molecule has 0 bridgehead atoms. The molecule has 0 aliphatic heterocycles. The maximum Gasteiger partial charge on any atom is 0.326 e. The Morgan fingerprint density at radius 1 is 1.30 bits per heavy atom. The highest BCUT2D eigenvalue weighted by atomic mass is 16.4. The maximum absolute atomic E-state index is 12.3. The molecular formula is C16H21NO3. The molecule has 1 aromatic rings. The summed E-state index contributed by atoms with van der Waals surface area (Å²) in [5.41, 5.74) is 2.31. The highest BCUT2D eigenvalue weighted by Crippen LogP contribution is 2.29. The van der Waals surface area contributed by atoms with Crippen molar-refractivity contribution in [1.29, 1.82) is 0 Å². The Balaban J connectivity index is 1.95. The lowest BCUT2D eigenvalue weighted by Gasteiger charge is -2.26. The topological polar surface area (TPSA) is 57.6 Å². The number of aliphatic carboxylic acids is 1. The first-order chi connectivity index (χ1) is 9.49. The van der Waals surface area contributed by atoms with Crippen molar-refractivity contribution in [2.24, 2.45) is 0 Å². The van der Waals surface area contributed by atoms with Crippen LogP contribution in [0.15, 0.2) is 24.3 Å². The summed E-state index contributed by atoms with van der Waals surface area (Å²) in [4.78, 5) is 24.9. The molecule has 0 spiro atoms. The van der Waals surface area contributed by atoms with Crippen LogP contribution in [0.4, 0.5) is 0 Å². The van der Waals surface area contributed by atoms with Gasteiger partial charge in [0, 0.05) is 12.5 Å². The van der Waals surface area contributed by atoms with Crippen molar-refractivity contribution in [3.63, 3.8) is 0 Å². The summed E-state index contributed by atoms with van der Waals surface area (Å²) in [6, 6.07) is 7.49. The minimum Gasteiger partial charge on any atom is -0.480 e. The van der Waals surface area contributed by atoms with E-state index in [9.17, 15) is 9.59 Å². The van der Waals surface area contributed by atoms with Gasteiger partial charge in [-0.25, -0.2) is 4.79 Å². The van der Waals surface area contributed by atoms with Crippen LogP contribution in [0.1, 0.15) is 37.3 Å². The van der Waals surface area contributed by atoms with Crippen molar-refractivity contribution < 1.29 is 14.7 Å². The van der Waals surface area contributed by atoms with E-state index in [-0.39, 0.29) is 11.9 Å². The van der Waals surface area contributed by atoms with E-state index in [1.54, 1.807) is 11.8 Å². The summed E-state index contributed by atoms with van der Waals surface area (Å²) in [7, 11) is 0. The SMILES string of the molecule is Cc1ccc(CCC(=O)N(C2CC2)C(C)C(=O)O)cc1. The van der Waals surface area contributed by atoms with Gasteiger partial charge in [0.05, 0.1) is 0 Å². The molecule has 0 aromatic heterocycles. The minimum atomic E-state index is -0.930. The van der Waals surface area contributed by atoms with Gasteiger partial charge in [-0.2, -0.15) is 0 Å². The normalized spacial score (nSPS) is 15.7. The molecule has 1 atom stereocenters. The predicted molar refractivity (Wildman–Crippen MR) is 76.5 cm³/mol.